The lowest BCUT2D eigenvalue weighted by molar-refractivity contribution is 0.00252. The Bertz CT molecular complexity index is 276. The smallest absolute Gasteiger partial charge is 0.288 e. The molecule has 0 aliphatic rings. The van der Waals surface area contributed by atoms with Gasteiger partial charge in [-0.05, 0) is 6.92 Å². The summed E-state index contributed by atoms with van der Waals surface area (Å²) in [7, 11) is 0. The summed E-state index contributed by atoms with van der Waals surface area (Å²) in [6, 6.07) is 0. The fourth-order valence-electron chi connectivity index (χ4n) is 0.862. The molecular weight excluding hydrogens is 187 g/mol. The average molecular weight is 195 g/mol. The van der Waals surface area contributed by atoms with Gasteiger partial charge in [0.25, 0.3) is 6.43 Å². The normalized spacial score (nSPS) is 16.2. The van der Waals surface area contributed by atoms with Crippen LogP contribution >= 0.6 is 0 Å². The Morgan fingerprint density at radius 3 is 2.54 bits per heavy atom. The highest BCUT2D eigenvalue weighted by Crippen LogP contribution is 2.21. The van der Waals surface area contributed by atoms with Gasteiger partial charge >= 0.3 is 0 Å². The van der Waals surface area contributed by atoms with Gasteiger partial charge in [0.05, 0.1) is 0 Å². The van der Waals surface area contributed by atoms with Crippen LogP contribution in [0.25, 0.3) is 0 Å². The van der Waals surface area contributed by atoms with Gasteiger partial charge in [0.1, 0.15) is 12.4 Å². The maximum absolute atomic E-state index is 12.7. The Hall–Kier alpha value is -1.11. The zero-order valence-corrected chi connectivity index (χ0v) is 6.73. The molecule has 0 aliphatic carbocycles. The molecule has 2 atom stereocenters. The quantitative estimate of drug-likeness (QED) is 0.784. The summed E-state index contributed by atoms with van der Waals surface area (Å²) in [4.78, 5) is 0. The van der Waals surface area contributed by atoms with E-state index in [0.29, 0.717) is 4.57 Å². The van der Waals surface area contributed by atoms with Gasteiger partial charge in [-0.25, -0.2) is 13.2 Å². The number of hydrogen-bond donors (Lipinski definition) is 1. The maximum Gasteiger partial charge on any atom is 0.288 e. The molecule has 0 spiro atoms. The Morgan fingerprint density at radius 1 is 1.46 bits per heavy atom. The molecule has 1 aromatic rings. The first-order valence-electron chi connectivity index (χ1n) is 3.53. The molecule has 1 aromatic heterocycles. The van der Waals surface area contributed by atoms with Gasteiger partial charge in [0.2, 0.25) is 6.30 Å². The lowest BCUT2D eigenvalue weighted by Gasteiger charge is -2.11. The molecule has 0 saturated carbocycles. The van der Waals surface area contributed by atoms with Crippen molar-refractivity contribution in [1.82, 2.24) is 14.8 Å². The number of halogens is 3. The molecule has 0 saturated heterocycles. The highest BCUT2D eigenvalue weighted by Gasteiger charge is 2.25. The third-order valence-corrected chi connectivity index (χ3v) is 1.45. The molecule has 13 heavy (non-hydrogen) atoms. The molecule has 0 radical (unpaired) electrons. The summed E-state index contributed by atoms with van der Waals surface area (Å²) in [5, 5.41) is 15.5. The topological polar surface area (TPSA) is 50.9 Å². The molecule has 1 unspecified atom stereocenters. The van der Waals surface area contributed by atoms with Crippen molar-refractivity contribution in [1.29, 1.82) is 0 Å². The highest BCUT2D eigenvalue weighted by atomic mass is 19.3. The van der Waals surface area contributed by atoms with Crippen LogP contribution in [0.3, 0.4) is 0 Å². The van der Waals surface area contributed by atoms with E-state index < -0.39 is 18.8 Å². The minimum atomic E-state index is -3.16. The van der Waals surface area contributed by atoms with Gasteiger partial charge in [-0.3, -0.25) is 4.57 Å². The molecule has 0 amide bonds. The van der Waals surface area contributed by atoms with E-state index in [0.717, 1.165) is 6.33 Å². The summed E-state index contributed by atoms with van der Waals surface area (Å²) < 4.78 is 37.0. The fraction of sp³-hybridized carbons (Fsp3) is 0.667. The predicted molar refractivity (Wildman–Crippen MR) is 36.8 cm³/mol. The number of nitrogens with zero attached hydrogens (tertiary/aromatic N) is 3. The van der Waals surface area contributed by atoms with Gasteiger partial charge in [-0.15, -0.1) is 10.2 Å². The van der Waals surface area contributed by atoms with Crippen molar-refractivity contribution in [2.24, 2.45) is 0 Å². The van der Waals surface area contributed by atoms with Crippen LogP contribution in [0.5, 0.6) is 0 Å². The Labute approximate surface area is 72.0 Å². The van der Waals surface area contributed by atoms with E-state index in [1.165, 1.54) is 6.92 Å². The van der Waals surface area contributed by atoms with Crippen LogP contribution in [0.15, 0.2) is 6.33 Å². The molecule has 0 fully saturated rings. The molecule has 1 rings (SSSR count). The van der Waals surface area contributed by atoms with E-state index in [2.05, 4.69) is 10.2 Å². The van der Waals surface area contributed by atoms with E-state index in [1.54, 1.807) is 0 Å². The van der Waals surface area contributed by atoms with E-state index in [9.17, 15) is 13.2 Å². The second-order valence-electron chi connectivity index (χ2n) is 2.48. The summed E-state index contributed by atoms with van der Waals surface area (Å²) >= 11 is 0. The molecule has 74 valence electrons. The average Bonchev–Trinajstić information content (AvgIpc) is 2.50. The second-order valence-corrected chi connectivity index (χ2v) is 2.48. The van der Waals surface area contributed by atoms with Crippen LogP contribution in [0, 0.1) is 0 Å². The number of alkyl halides is 3. The van der Waals surface area contributed by atoms with Crippen LogP contribution < -0.4 is 0 Å². The van der Waals surface area contributed by atoms with E-state index >= 15 is 0 Å². The molecule has 7 heteroatoms. The van der Waals surface area contributed by atoms with Crippen molar-refractivity contribution in [2.45, 2.75) is 25.7 Å². The van der Waals surface area contributed by atoms with Crippen LogP contribution in [0.1, 0.15) is 25.1 Å². The summed E-state index contributed by atoms with van der Waals surface area (Å²) in [6.45, 7) is 1.29. The van der Waals surface area contributed by atoms with E-state index in [1.807, 2.05) is 0 Å². The molecule has 0 aliphatic heterocycles. The van der Waals surface area contributed by atoms with Crippen LogP contribution in [-0.2, 0) is 0 Å². The van der Waals surface area contributed by atoms with Gasteiger partial charge in [0.15, 0.2) is 5.82 Å². The molecule has 4 nitrogen and oxygen atoms in total. The zero-order valence-electron chi connectivity index (χ0n) is 6.73. The number of aliphatic hydroxyl groups is 1. The van der Waals surface area contributed by atoms with Crippen LogP contribution in [-0.4, -0.2) is 26.3 Å². The van der Waals surface area contributed by atoms with Crippen molar-refractivity contribution in [3.8, 4) is 0 Å². The summed E-state index contributed by atoms with van der Waals surface area (Å²) in [6.07, 6.45) is -5.98. The summed E-state index contributed by atoms with van der Waals surface area (Å²) in [5.41, 5.74) is 0. The number of rotatable bonds is 3. The molecule has 1 heterocycles. The molecule has 1 N–H and O–H groups in total. The largest absolute Gasteiger partial charge is 0.385 e. The first-order valence-corrected chi connectivity index (χ1v) is 3.53. The van der Waals surface area contributed by atoms with Gasteiger partial charge in [-0.2, -0.15) is 0 Å². The van der Waals surface area contributed by atoms with Gasteiger partial charge < -0.3 is 5.11 Å². The zero-order chi connectivity index (χ0) is 10.0. The highest BCUT2D eigenvalue weighted by molar-refractivity contribution is 4.90. The molecule has 0 aromatic carbocycles. The third-order valence-electron chi connectivity index (χ3n) is 1.45. The summed E-state index contributed by atoms with van der Waals surface area (Å²) in [5.74, 6) is -0.215. The standard InChI is InChI=1S/C6H8F3N3O/c1-3(13)6-11-10-2-12(6)5(9)4(7)8/h2-5,13H,1H3/t3-,5?/m0/s1. The SMILES string of the molecule is C[C@H](O)c1nncn1C(F)C(F)F. The minimum absolute atomic E-state index is 0.215. The fourth-order valence-corrected chi connectivity index (χ4v) is 0.862. The Balaban J connectivity index is 2.93. The first-order chi connectivity index (χ1) is 6.04. The van der Waals surface area contributed by atoms with Crippen LogP contribution in [0.2, 0.25) is 0 Å². The number of aliphatic hydroxyl groups excluding tert-OH is 1. The first kappa shape index (κ1) is 9.97. The number of aromatic nitrogens is 3. The van der Waals surface area contributed by atoms with Crippen molar-refractivity contribution < 1.29 is 18.3 Å². The predicted octanol–water partition coefficient (Wildman–Crippen LogP) is 1.06. The van der Waals surface area contributed by atoms with Gasteiger partial charge in [0, 0.05) is 0 Å². The van der Waals surface area contributed by atoms with Crippen LogP contribution in [0.4, 0.5) is 13.2 Å². The maximum atomic E-state index is 12.7. The lowest BCUT2D eigenvalue weighted by Crippen LogP contribution is -2.15. The lowest BCUT2D eigenvalue weighted by atomic mass is 10.4. The molecular formula is C6H8F3N3O. The molecule has 0 bridgehead atoms. The monoisotopic (exact) mass is 195 g/mol. The number of hydrogen-bond acceptors (Lipinski definition) is 3. The third kappa shape index (κ3) is 1.97. The van der Waals surface area contributed by atoms with E-state index in [4.69, 9.17) is 5.11 Å². The van der Waals surface area contributed by atoms with Crippen molar-refractivity contribution in [2.75, 3.05) is 0 Å². The van der Waals surface area contributed by atoms with Crippen molar-refractivity contribution in [3.05, 3.63) is 12.2 Å². The minimum Gasteiger partial charge on any atom is -0.385 e. The Kier molecular flexibility index (Phi) is 2.86. The van der Waals surface area contributed by atoms with Gasteiger partial charge in [-0.1, -0.05) is 0 Å². The second kappa shape index (κ2) is 3.73. The van der Waals surface area contributed by atoms with Crippen molar-refractivity contribution in [3.63, 3.8) is 0 Å². The van der Waals surface area contributed by atoms with Crippen molar-refractivity contribution >= 4 is 0 Å². The van der Waals surface area contributed by atoms with E-state index in [-0.39, 0.29) is 5.82 Å². The Morgan fingerprint density at radius 2 is 2.08 bits per heavy atom.